The minimum Gasteiger partial charge on any atom is -0.504 e. The Bertz CT molecular complexity index is 755. The molecule has 0 fully saturated rings. The molecule has 6 nitrogen and oxygen atoms in total. The van der Waals surface area contributed by atoms with E-state index in [9.17, 15) is 15.0 Å². The van der Waals surface area contributed by atoms with Crippen LogP contribution in [0.25, 0.3) is 0 Å². The first-order valence-electron chi connectivity index (χ1n) is 6.76. The van der Waals surface area contributed by atoms with Gasteiger partial charge in [-0.3, -0.25) is 4.79 Å². The fraction of sp³-hybridized carbons (Fsp3) is 0.188. The van der Waals surface area contributed by atoms with Crippen LogP contribution in [-0.2, 0) is 0 Å². The zero-order valence-electron chi connectivity index (χ0n) is 11.4. The number of fused-ring (bicyclic) bond motifs is 2. The van der Waals surface area contributed by atoms with E-state index in [1.54, 1.807) is 24.3 Å². The number of Topliss-reactive ketones (excluding diaryl/α,β-unsaturated/α-hetero) is 1. The fourth-order valence-electron chi connectivity index (χ4n) is 2.71. The smallest absolute Gasteiger partial charge is 0.231 e. The van der Waals surface area contributed by atoms with Crippen LogP contribution < -0.4 is 14.2 Å². The maximum Gasteiger partial charge on any atom is 0.231 e. The second kappa shape index (κ2) is 4.64. The zero-order valence-corrected chi connectivity index (χ0v) is 11.4. The largest absolute Gasteiger partial charge is 0.504 e. The Kier molecular flexibility index (Phi) is 2.74. The summed E-state index contributed by atoms with van der Waals surface area (Å²) in [7, 11) is 0. The van der Waals surface area contributed by atoms with Gasteiger partial charge < -0.3 is 24.4 Å². The van der Waals surface area contributed by atoms with Gasteiger partial charge in [-0.2, -0.15) is 0 Å². The number of benzene rings is 2. The normalized spacial score (nSPS) is 22.1. The van der Waals surface area contributed by atoms with Gasteiger partial charge in [-0.05, 0) is 5.56 Å². The van der Waals surface area contributed by atoms with E-state index in [2.05, 4.69) is 0 Å². The van der Waals surface area contributed by atoms with Crippen LogP contribution >= 0.6 is 0 Å². The van der Waals surface area contributed by atoms with E-state index in [-0.39, 0.29) is 29.6 Å². The molecule has 0 spiro atoms. The van der Waals surface area contributed by atoms with Gasteiger partial charge in [0.15, 0.2) is 23.7 Å². The lowest BCUT2D eigenvalue weighted by Gasteiger charge is -2.30. The van der Waals surface area contributed by atoms with E-state index in [1.165, 1.54) is 6.07 Å². The Morgan fingerprint density at radius 3 is 2.64 bits per heavy atom. The molecule has 0 radical (unpaired) electrons. The van der Waals surface area contributed by atoms with Gasteiger partial charge in [-0.25, -0.2) is 0 Å². The molecule has 2 aliphatic rings. The van der Waals surface area contributed by atoms with Crippen LogP contribution in [0.4, 0.5) is 0 Å². The average molecular weight is 300 g/mol. The first-order valence-corrected chi connectivity index (χ1v) is 6.76. The van der Waals surface area contributed by atoms with Gasteiger partial charge in [-0.1, -0.05) is 30.3 Å². The Labute approximate surface area is 125 Å². The van der Waals surface area contributed by atoms with Gasteiger partial charge in [0, 0.05) is 6.07 Å². The number of rotatable bonds is 1. The number of aromatic hydroxyl groups is 1. The number of ketones is 1. The molecule has 0 aliphatic carbocycles. The summed E-state index contributed by atoms with van der Waals surface area (Å²) in [5, 5.41) is 20.4. The summed E-state index contributed by atoms with van der Waals surface area (Å²) in [5.74, 6) is -0.384. The standard InChI is InChI=1S/C16H12O6/c17-12-11-9(6-10-16(13(11)18)21-7-20-10)22-15(14(12)19)8-4-2-1-3-5-8/h1-6,14-15,18-19H,7H2/t14-,15+/m1/s1. The van der Waals surface area contributed by atoms with Crippen molar-refractivity contribution in [3.63, 3.8) is 0 Å². The lowest BCUT2D eigenvalue weighted by Crippen LogP contribution is -2.36. The van der Waals surface area contributed by atoms with Crippen molar-refractivity contribution < 1.29 is 29.2 Å². The molecule has 0 bridgehead atoms. The fourth-order valence-corrected chi connectivity index (χ4v) is 2.71. The lowest BCUT2D eigenvalue weighted by molar-refractivity contribution is 0.0211. The van der Waals surface area contributed by atoms with Gasteiger partial charge >= 0.3 is 0 Å². The summed E-state index contributed by atoms with van der Waals surface area (Å²) in [6.45, 7) is -0.0371. The Hall–Kier alpha value is -2.73. The van der Waals surface area contributed by atoms with Crippen molar-refractivity contribution in [3.8, 4) is 23.0 Å². The molecule has 0 aromatic heterocycles. The van der Waals surface area contributed by atoms with E-state index < -0.39 is 18.0 Å². The van der Waals surface area contributed by atoms with E-state index >= 15 is 0 Å². The molecule has 2 aliphatic heterocycles. The molecule has 0 saturated heterocycles. The molecule has 2 atom stereocenters. The van der Waals surface area contributed by atoms with Crippen LogP contribution in [-0.4, -0.2) is 28.9 Å². The predicted molar refractivity (Wildman–Crippen MR) is 74.4 cm³/mol. The molecular weight excluding hydrogens is 288 g/mol. The molecule has 112 valence electrons. The lowest BCUT2D eigenvalue weighted by atomic mass is 9.92. The number of carbonyl (C=O) groups excluding carboxylic acids is 1. The molecule has 22 heavy (non-hydrogen) atoms. The number of hydrogen-bond donors (Lipinski definition) is 2. The van der Waals surface area contributed by atoms with Crippen LogP contribution in [0.3, 0.4) is 0 Å². The maximum atomic E-state index is 12.4. The Morgan fingerprint density at radius 1 is 1.09 bits per heavy atom. The highest BCUT2D eigenvalue weighted by Gasteiger charge is 2.41. The number of carbonyl (C=O) groups is 1. The van der Waals surface area contributed by atoms with Gasteiger partial charge in [0.1, 0.15) is 11.3 Å². The van der Waals surface area contributed by atoms with Crippen LogP contribution in [0.15, 0.2) is 36.4 Å². The summed E-state index contributed by atoms with van der Waals surface area (Å²) >= 11 is 0. The number of phenolic OH excluding ortho intramolecular Hbond substituents is 1. The molecule has 4 rings (SSSR count). The highest BCUT2D eigenvalue weighted by atomic mass is 16.7. The van der Waals surface area contributed by atoms with Gasteiger partial charge in [0.05, 0.1) is 0 Å². The van der Waals surface area contributed by atoms with Gasteiger partial charge in [0.25, 0.3) is 0 Å². The van der Waals surface area contributed by atoms with E-state index in [4.69, 9.17) is 14.2 Å². The van der Waals surface area contributed by atoms with Crippen LogP contribution in [0.5, 0.6) is 23.0 Å². The molecule has 0 unspecified atom stereocenters. The molecule has 2 heterocycles. The Balaban J connectivity index is 1.84. The van der Waals surface area contributed by atoms with Gasteiger partial charge in [0.2, 0.25) is 18.3 Å². The third kappa shape index (κ3) is 1.74. The molecule has 0 amide bonds. The predicted octanol–water partition coefficient (Wildman–Crippen LogP) is 1.80. The maximum absolute atomic E-state index is 12.4. The summed E-state index contributed by atoms with van der Waals surface area (Å²) in [6, 6.07) is 10.4. The van der Waals surface area contributed by atoms with E-state index in [1.807, 2.05) is 6.07 Å². The van der Waals surface area contributed by atoms with Crippen LogP contribution in [0, 0.1) is 0 Å². The molecule has 2 N–H and O–H groups in total. The molecular formula is C16H12O6. The van der Waals surface area contributed by atoms with Crippen LogP contribution in [0.2, 0.25) is 0 Å². The van der Waals surface area contributed by atoms with Crippen molar-refractivity contribution in [2.75, 3.05) is 6.79 Å². The van der Waals surface area contributed by atoms with E-state index in [0.717, 1.165) is 0 Å². The summed E-state index contributed by atoms with van der Waals surface area (Å²) in [4.78, 5) is 12.4. The summed E-state index contributed by atoms with van der Waals surface area (Å²) in [5.41, 5.74) is 0.593. The minimum atomic E-state index is -1.40. The topological polar surface area (TPSA) is 85.2 Å². The number of hydrogen-bond acceptors (Lipinski definition) is 6. The van der Waals surface area contributed by atoms with Crippen LogP contribution in [0.1, 0.15) is 22.0 Å². The number of aliphatic hydroxyl groups excluding tert-OH is 1. The number of aliphatic hydroxyl groups is 1. The van der Waals surface area contributed by atoms with Crippen molar-refractivity contribution in [2.24, 2.45) is 0 Å². The van der Waals surface area contributed by atoms with Crippen molar-refractivity contribution in [1.82, 2.24) is 0 Å². The van der Waals surface area contributed by atoms with Crippen molar-refractivity contribution in [3.05, 3.63) is 47.5 Å². The Morgan fingerprint density at radius 2 is 1.86 bits per heavy atom. The monoisotopic (exact) mass is 300 g/mol. The average Bonchev–Trinajstić information content (AvgIpc) is 3.00. The SMILES string of the molecule is O=C1c2c(cc3c(c2O)OCO3)O[C@@H](c2ccccc2)[C@@H]1O. The second-order valence-corrected chi connectivity index (χ2v) is 5.09. The molecule has 2 aromatic carbocycles. The third-order valence-corrected chi connectivity index (χ3v) is 3.79. The first-order chi connectivity index (χ1) is 10.7. The summed E-state index contributed by atoms with van der Waals surface area (Å²) < 4.78 is 16.1. The zero-order chi connectivity index (χ0) is 15.3. The number of phenols is 1. The second-order valence-electron chi connectivity index (χ2n) is 5.09. The quantitative estimate of drug-likeness (QED) is 0.835. The van der Waals surface area contributed by atoms with E-state index in [0.29, 0.717) is 11.3 Å². The molecule has 0 saturated carbocycles. The highest BCUT2D eigenvalue weighted by molar-refractivity contribution is 6.06. The number of ether oxygens (including phenoxy) is 3. The van der Waals surface area contributed by atoms with Gasteiger partial charge in [-0.15, -0.1) is 0 Å². The van der Waals surface area contributed by atoms with Crippen molar-refractivity contribution in [2.45, 2.75) is 12.2 Å². The van der Waals surface area contributed by atoms with Crippen molar-refractivity contribution in [1.29, 1.82) is 0 Å². The molecule has 2 aromatic rings. The highest BCUT2D eigenvalue weighted by Crippen LogP contribution is 2.50. The summed E-state index contributed by atoms with van der Waals surface area (Å²) in [6.07, 6.45) is -2.23. The first kappa shape index (κ1) is 13.0. The molecule has 6 heteroatoms. The minimum absolute atomic E-state index is 0.0371. The third-order valence-electron chi connectivity index (χ3n) is 3.79. The van der Waals surface area contributed by atoms with Crippen molar-refractivity contribution >= 4 is 5.78 Å².